The predicted molar refractivity (Wildman–Crippen MR) is 49.1 cm³/mol. The molecule has 15 heavy (non-hydrogen) atoms. The van der Waals surface area contributed by atoms with E-state index in [0.717, 1.165) is 0 Å². The van der Waals surface area contributed by atoms with Crippen molar-refractivity contribution in [1.82, 2.24) is 0 Å². The minimum absolute atomic E-state index is 0.191. The van der Waals surface area contributed by atoms with E-state index in [1.165, 1.54) is 0 Å². The molecular formula is C10H14O5. The fourth-order valence-corrected chi connectivity index (χ4v) is 3.38. The highest BCUT2D eigenvalue weighted by molar-refractivity contribution is 5.82. The topological polar surface area (TPSA) is 94.8 Å². The summed E-state index contributed by atoms with van der Waals surface area (Å²) in [5.74, 6) is -4.52. The molecular weight excluding hydrogens is 200 g/mol. The zero-order valence-electron chi connectivity index (χ0n) is 8.38. The number of hydrogen-bond donors (Lipinski definition) is 3. The van der Waals surface area contributed by atoms with Crippen molar-refractivity contribution in [1.29, 1.82) is 0 Å². The second-order valence-corrected chi connectivity index (χ2v) is 4.89. The van der Waals surface area contributed by atoms with Gasteiger partial charge in [0, 0.05) is 5.92 Å². The van der Waals surface area contributed by atoms with Gasteiger partial charge < -0.3 is 15.3 Å². The highest BCUT2D eigenvalue weighted by Crippen LogP contribution is 2.57. The first-order valence-corrected chi connectivity index (χ1v) is 5.02. The van der Waals surface area contributed by atoms with Gasteiger partial charge >= 0.3 is 11.9 Å². The quantitative estimate of drug-likeness (QED) is 0.609. The molecule has 5 atom stereocenters. The molecule has 2 rings (SSSR count). The highest BCUT2D eigenvalue weighted by Gasteiger charge is 2.62. The molecule has 0 saturated heterocycles. The van der Waals surface area contributed by atoms with E-state index in [1.54, 1.807) is 6.92 Å². The summed E-state index contributed by atoms with van der Waals surface area (Å²) >= 11 is 0. The summed E-state index contributed by atoms with van der Waals surface area (Å²) in [6.45, 7) is 1.60. The van der Waals surface area contributed by atoms with Crippen LogP contribution in [0.25, 0.3) is 0 Å². The Balaban J connectivity index is 2.33. The van der Waals surface area contributed by atoms with Gasteiger partial charge in [0.2, 0.25) is 0 Å². The first-order valence-electron chi connectivity index (χ1n) is 5.02. The minimum atomic E-state index is -1.10. The molecule has 0 spiro atoms. The fraction of sp³-hybridized carbons (Fsp3) is 0.800. The van der Waals surface area contributed by atoms with Crippen molar-refractivity contribution >= 4 is 11.9 Å². The van der Waals surface area contributed by atoms with Crippen molar-refractivity contribution in [3.8, 4) is 0 Å². The molecule has 2 aliphatic rings. The summed E-state index contributed by atoms with van der Waals surface area (Å²) < 4.78 is 0. The molecule has 2 saturated carbocycles. The van der Waals surface area contributed by atoms with Crippen molar-refractivity contribution < 1.29 is 24.9 Å². The third-order valence-electron chi connectivity index (χ3n) is 3.93. The minimum Gasteiger partial charge on any atom is -0.481 e. The largest absolute Gasteiger partial charge is 0.481 e. The number of aliphatic carboxylic acids is 2. The van der Waals surface area contributed by atoms with Gasteiger partial charge in [-0.3, -0.25) is 9.59 Å². The smallest absolute Gasteiger partial charge is 0.307 e. The van der Waals surface area contributed by atoms with Crippen molar-refractivity contribution in [3.05, 3.63) is 0 Å². The summed E-state index contributed by atoms with van der Waals surface area (Å²) in [6, 6.07) is 0. The van der Waals surface area contributed by atoms with E-state index in [1.807, 2.05) is 0 Å². The van der Waals surface area contributed by atoms with Gasteiger partial charge in [-0.25, -0.2) is 0 Å². The average Bonchev–Trinajstić information content (AvgIpc) is 2.54. The van der Waals surface area contributed by atoms with Crippen LogP contribution in [0.2, 0.25) is 0 Å². The monoisotopic (exact) mass is 214 g/mol. The summed E-state index contributed by atoms with van der Waals surface area (Å²) in [5.41, 5.74) is -1.01. The van der Waals surface area contributed by atoms with Crippen LogP contribution in [0.15, 0.2) is 0 Å². The lowest BCUT2D eigenvalue weighted by atomic mass is 9.72. The van der Waals surface area contributed by atoms with E-state index in [-0.39, 0.29) is 5.92 Å². The lowest BCUT2D eigenvalue weighted by Crippen LogP contribution is -2.45. The van der Waals surface area contributed by atoms with Crippen LogP contribution in [0.5, 0.6) is 0 Å². The highest BCUT2D eigenvalue weighted by atomic mass is 16.4. The molecule has 0 aliphatic heterocycles. The molecule has 0 aromatic heterocycles. The molecule has 84 valence electrons. The van der Waals surface area contributed by atoms with E-state index >= 15 is 0 Å². The van der Waals surface area contributed by atoms with Crippen LogP contribution in [-0.2, 0) is 9.59 Å². The van der Waals surface area contributed by atoms with Crippen LogP contribution in [-0.4, -0.2) is 32.9 Å². The van der Waals surface area contributed by atoms with Crippen LogP contribution in [0.3, 0.4) is 0 Å². The molecule has 0 aromatic carbocycles. The Morgan fingerprint density at radius 1 is 1.20 bits per heavy atom. The van der Waals surface area contributed by atoms with Crippen LogP contribution in [0.4, 0.5) is 0 Å². The molecule has 2 bridgehead atoms. The van der Waals surface area contributed by atoms with Crippen molar-refractivity contribution in [3.63, 3.8) is 0 Å². The second-order valence-electron chi connectivity index (χ2n) is 4.89. The molecule has 0 aromatic rings. The molecule has 5 heteroatoms. The van der Waals surface area contributed by atoms with Gasteiger partial charge in [-0.2, -0.15) is 0 Å². The van der Waals surface area contributed by atoms with Crippen LogP contribution < -0.4 is 0 Å². The van der Waals surface area contributed by atoms with E-state index in [4.69, 9.17) is 10.2 Å². The number of carbonyl (C=O) groups is 2. The number of hydrogen-bond acceptors (Lipinski definition) is 3. The van der Waals surface area contributed by atoms with Crippen LogP contribution in [0.1, 0.15) is 19.8 Å². The summed E-state index contributed by atoms with van der Waals surface area (Å²) in [5, 5.41) is 27.9. The Bertz CT molecular complexity index is 322. The van der Waals surface area contributed by atoms with Gasteiger partial charge in [0.1, 0.15) is 0 Å². The third kappa shape index (κ3) is 1.33. The SMILES string of the molecule is C[C@@]1(O)C[C@H]2C[C@@H]1[C@H](C(=O)O)[C@@H]2C(=O)O. The van der Waals surface area contributed by atoms with Gasteiger partial charge in [-0.15, -0.1) is 0 Å². The summed E-state index contributed by atoms with van der Waals surface area (Å²) in [4.78, 5) is 22.0. The standard InChI is InChI=1S/C10H14O5/c1-10(15)3-4-2-5(10)7(9(13)14)6(4)8(11)12/h4-7,15H,2-3H2,1H3,(H,11,12)(H,13,14)/t4-,5-,6-,7+,10-/m1/s1. The molecule has 0 radical (unpaired) electrons. The first-order chi connectivity index (χ1) is 6.84. The van der Waals surface area contributed by atoms with E-state index in [0.29, 0.717) is 12.8 Å². The van der Waals surface area contributed by atoms with Gasteiger partial charge in [0.15, 0.2) is 0 Å². The van der Waals surface area contributed by atoms with Gasteiger partial charge in [0.25, 0.3) is 0 Å². The number of carboxylic acid groups (broad SMARTS) is 2. The lowest BCUT2D eigenvalue weighted by Gasteiger charge is -2.35. The predicted octanol–water partition coefficient (Wildman–Crippen LogP) is 0.179. The van der Waals surface area contributed by atoms with E-state index in [9.17, 15) is 14.7 Å². The Labute approximate surface area is 86.7 Å². The first kappa shape index (κ1) is 10.4. The fourth-order valence-electron chi connectivity index (χ4n) is 3.38. The Morgan fingerprint density at radius 3 is 2.20 bits per heavy atom. The Hall–Kier alpha value is -1.10. The van der Waals surface area contributed by atoms with Crippen molar-refractivity contribution in [2.75, 3.05) is 0 Å². The zero-order valence-corrected chi connectivity index (χ0v) is 8.38. The summed E-state index contributed by atoms with van der Waals surface area (Å²) in [7, 11) is 0. The molecule has 5 nitrogen and oxygen atoms in total. The third-order valence-corrected chi connectivity index (χ3v) is 3.93. The average molecular weight is 214 g/mol. The number of aliphatic hydroxyl groups is 1. The van der Waals surface area contributed by atoms with E-state index < -0.39 is 35.3 Å². The maximum Gasteiger partial charge on any atom is 0.307 e. The molecule has 2 aliphatic carbocycles. The van der Waals surface area contributed by atoms with E-state index in [2.05, 4.69) is 0 Å². The van der Waals surface area contributed by atoms with Crippen molar-refractivity contribution in [2.24, 2.45) is 23.7 Å². The van der Waals surface area contributed by atoms with Crippen LogP contribution >= 0.6 is 0 Å². The molecule has 0 heterocycles. The number of rotatable bonds is 2. The molecule has 0 amide bonds. The normalized spacial score (nSPS) is 48.1. The van der Waals surface area contributed by atoms with Gasteiger partial charge in [-0.1, -0.05) is 0 Å². The Kier molecular flexibility index (Phi) is 2.05. The lowest BCUT2D eigenvalue weighted by molar-refractivity contribution is -0.162. The summed E-state index contributed by atoms with van der Waals surface area (Å²) in [6.07, 6.45) is 0.916. The van der Waals surface area contributed by atoms with Crippen LogP contribution in [0, 0.1) is 23.7 Å². The molecule has 0 unspecified atom stereocenters. The van der Waals surface area contributed by atoms with Crippen molar-refractivity contribution in [2.45, 2.75) is 25.4 Å². The maximum absolute atomic E-state index is 11.0. The Morgan fingerprint density at radius 2 is 1.73 bits per heavy atom. The second kappa shape index (κ2) is 2.95. The van der Waals surface area contributed by atoms with Gasteiger partial charge in [0.05, 0.1) is 17.4 Å². The van der Waals surface area contributed by atoms with Gasteiger partial charge in [-0.05, 0) is 25.7 Å². The maximum atomic E-state index is 11.0. The zero-order chi connectivity index (χ0) is 11.4. The number of fused-ring (bicyclic) bond motifs is 2. The molecule has 2 fully saturated rings. The molecule has 3 N–H and O–H groups in total. The number of carboxylic acids is 2.